The smallest absolute Gasteiger partial charge is 0.163 e. The molecule has 1 aromatic carbocycles. The van der Waals surface area contributed by atoms with Crippen LogP contribution >= 0.6 is 11.6 Å². The van der Waals surface area contributed by atoms with Crippen LogP contribution in [0, 0.1) is 0 Å². The van der Waals surface area contributed by atoms with Gasteiger partial charge in [0.1, 0.15) is 11.0 Å². The molecule has 0 amide bonds. The molecule has 0 radical (unpaired) electrons. The first-order valence-electron chi connectivity index (χ1n) is 6.75. The number of nitrogens with zero attached hydrogens (tertiary/aromatic N) is 3. The van der Waals surface area contributed by atoms with Crippen LogP contribution in [0.4, 0.5) is 5.82 Å². The van der Waals surface area contributed by atoms with Gasteiger partial charge in [-0.1, -0.05) is 41.9 Å². The van der Waals surface area contributed by atoms with Crippen LogP contribution in [0.5, 0.6) is 0 Å². The summed E-state index contributed by atoms with van der Waals surface area (Å²) in [5.74, 6) is 1.40. The average Bonchev–Trinajstić information content (AvgIpc) is 2.47. The van der Waals surface area contributed by atoms with Gasteiger partial charge in [-0.15, -0.1) is 0 Å². The molecule has 4 nitrogen and oxygen atoms in total. The van der Waals surface area contributed by atoms with Crippen LogP contribution in [0.2, 0.25) is 5.15 Å². The van der Waals surface area contributed by atoms with E-state index < -0.39 is 0 Å². The highest BCUT2D eigenvalue weighted by Crippen LogP contribution is 2.24. The molecule has 0 spiro atoms. The molecule has 1 fully saturated rings. The molecule has 1 unspecified atom stereocenters. The molecule has 0 bridgehead atoms. The first-order valence-corrected chi connectivity index (χ1v) is 7.13. The van der Waals surface area contributed by atoms with Gasteiger partial charge in [-0.25, -0.2) is 9.97 Å². The highest BCUT2D eigenvalue weighted by molar-refractivity contribution is 6.29. The molecule has 1 aromatic heterocycles. The lowest BCUT2D eigenvalue weighted by Gasteiger charge is -2.31. The van der Waals surface area contributed by atoms with E-state index in [2.05, 4.69) is 14.9 Å². The molecule has 104 valence electrons. The number of aliphatic hydroxyl groups excluding tert-OH is 1. The number of anilines is 1. The Hall–Kier alpha value is -1.65. The van der Waals surface area contributed by atoms with Crippen LogP contribution in [-0.4, -0.2) is 34.3 Å². The summed E-state index contributed by atoms with van der Waals surface area (Å²) in [6.07, 6.45) is 1.52. The summed E-state index contributed by atoms with van der Waals surface area (Å²) in [4.78, 5) is 10.9. The molecule has 5 heteroatoms. The molecule has 1 aliphatic rings. The van der Waals surface area contributed by atoms with Gasteiger partial charge < -0.3 is 10.0 Å². The second-order valence-corrected chi connectivity index (χ2v) is 5.37. The fourth-order valence-electron chi connectivity index (χ4n) is 2.45. The number of benzene rings is 1. The number of aromatic nitrogens is 2. The summed E-state index contributed by atoms with van der Waals surface area (Å²) in [7, 11) is 0. The Labute approximate surface area is 123 Å². The second-order valence-electron chi connectivity index (χ2n) is 4.98. The molecule has 0 aliphatic carbocycles. The number of aliphatic hydroxyl groups is 1. The molecule has 1 aliphatic heterocycles. The summed E-state index contributed by atoms with van der Waals surface area (Å²) < 4.78 is 0. The van der Waals surface area contributed by atoms with E-state index in [4.69, 9.17) is 11.6 Å². The highest BCUT2D eigenvalue weighted by Gasteiger charge is 2.20. The van der Waals surface area contributed by atoms with Gasteiger partial charge >= 0.3 is 0 Å². The molecule has 20 heavy (non-hydrogen) atoms. The third kappa shape index (κ3) is 2.92. The maximum Gasteiger partial charge on any atom is 0.163 e. The average molecular weight is 290 g/mol. The van der Waals surface area contributed by atoms with Crippen molar-refractivity contribution in [1.29, 1.82) is 0 Å². The van der Waals surface area contributed by atoms with Crippen molar-refractivity contribution in [2.24, 2.45) is 0 Å². The zero-order valence-electron chi connectivity index (χ0n) is 11.0. The van der Waals surface area contributed by atoms with Gasteiger partial charge in [-0.05, 0) is 12.8 Å². The number of piperidine rings is 1. The Balaban J connectivity index is 1.94. The third-order valence-corrected chi connectivity index (χ3v) is 3.63. The maximum absolute atomic E-state index is 9.78. The van der Waals surface area contributed by atoms with Crippen molar-refractivity contribution in [3.05, 3.63) is 41.6 Å². The normalized spacial score (nSPS) is 19.1. The number of β-amino-alcohol motifs (C(OH)–C–C–N with tert-alkyl or cyclic N) is 1. The van der Waals surface area contributed by atoms with Crippen LogP contribution in [0.3, 0.4) is 0 Å². The van der Waals surface area contributed by atoms with Crippen molar-refractivity contribution in [2.45, 2.75) is 18.9 Å². The molecule has 3 rings (SSSR count). The lowest BCUT2D eigenvalue weighted by atomic mass is 10.1. The number of hydrogen-bond acceptors (Lipinski definition) is 4. The predicted molar refractivity (Wildman–Crippen MR) is 79.9 cm³/mol. The lowest BCUT2D eigenvalue weighted by molar-refractivity contribution is 0.154. The molecular weight excluding hydrogens is 274 g/mol. The van der Waals surface area contributed by atoms with Crippen LogP contribution in [0.15, 0.2) is 36.4 Å². The molecule has 1 atom stereocenters. The Morgan fingerprint density at radius 1 is 1.20 bits per heavy atom. The van der Waals surface area contributed by atoms with Crippen LogP contribution in [0.25, 0.3) is 11.4 Å². The van der Waals surface area contributed by atoms with E-state index in [0.29, 0.717) is 17.5 Å². The second kappa shape index (κ2) is 5.77. The van der Waals surface area contributed by atoms with E-state index in [9.17, 15) is 5.11 Å². The van der Waals surface area contributed by atoms with Crippen molar-refractivity contribution in [3.63, 3.8) is 0 Å². The number of hydrogen-bond donors (Lipinski definition) is 1. The van der Waals surface area contributed by atoms with Crippen molar-refractivity contribution < 1.29 is 5.11 Å². The number of rotatable bonds is 2. The Morgan fingerprint density at radius 2 is 2.00 bits per heavy atom. The third-order valence-electron chi connectivity index (χ3n) is 3.43. The van der Waals surface area contributed by atoms with Crippen molar-refractivity contribution in [2.75, 3.05) is 18.0 Å². The summed E-state index contributed by atoms with van der Waals surface area (Å²) >= 11 is 6.12. The zero-order valence-corrected chi connectivity index (χ0v) is 11.8. The zero-order chi connectivity index (χ0) is 13.9. The van der Waals surface area contributed by atoms with E-state index in [1.807, 2.05) is 30.3 Å². The van der Waals surface area contributed by atoms with Gasteiger partial charge in [-0.3, -0.25) is 0 Å². The van der Waals surface area contributed by atoms with Crippen molar-refractivity contribution in [3.8, 4) is 11.4 Å². The number of halogens is 1. The largest absolute Gasteiger partial charge is 0.391 e. The van der Waals surface area contributed by atoms with Crippen molar-refractivity contribution in [1.82, 2.24) is 9.97 Å². The highest BCUT2D eigenvalue weighted by atomic mass is 35.5. The van der Waals surface area contributed by atoms with Crippen LogP contribution in [-0.2, 0) is 0 Å². The summed E-state index contributed by atoms with van der Waals surface area (Å²) in [6, 6.07) is 11.5. The topological polar surface area (TPSA) is 49.2 Å². The molecule has 0 saturated carbocycles. The van der Waals surface area contributed by atoms with E-state index in [1.54, 1.807) is 6.07 Å². The maximum atomic E-state index is 9.78. The molecule has 2 aromatic rings. The van der Waals surface area contributed by atoms with Crippen LogP contribution < -0.4 is 4.90 Å². The molecule has 1 N–H and O–H groups in total. The Morgan fingerprint density at radius 3 is 2.75 bits per heavy atom. The van der Waals surface area contributed by atoms with Gasteiger partial charge in [0, 0.05) is 24.7 Å². The van der Waals surface area contributed by atoms with Gasteiger partial charge in [0.25, 0.3) is 0 Å². The Bertz CT molecular complexity index is 591. The first kappa shape index (κ1) is 13.3. The standard InChI is InChI=1S/C15H16ClN3O/c16-13-9-14(19-8-4-7-12(20)10-19)18-15(17-13)11-5-2-1-3-6-11/h1-3,5-6,9,12,20H,4,7-8,10H2. The summed E-state index contributed by atoms with van der Waals surface area (Å²) in [6.45, 7) is 1.49. The SMILES string of the molecule is OC1CCCN(c2cc(Cl)nc(-c3ccccc3)n2)C1. The van der Waals surface area contributed by atoms with Crippen LogP contribution in [0.1, 0.15) is 12.8 Å². The van der Waals surface area contributed by atoms with Gasteiger partial charge in [-0.2, -0.15) is 0 Å². The van der Waals surface area contributed by atoms with E-state index in [1.165, 1.54) is 0 Å². The van der Waals surface area contributed by atoms with Gasteiger partial charge in [0.15, 0.2) is 5.82 Å². The fraction of sp³-hybridized carbons (Fsp3) is 0.333. The minimum Gasteiger partial charge on any atom is -0.391 e. The van der Waals surface area contributed by atoms with Crippen molar-refractivity contribution >= 4 is 17.4 Å². The first-order chi connectivity index (χ1) is 9.72. The van der Waals surface area contributed by atoms with Gasteiger partial charge in [0.05, 0.1) is 6.10 Å². The molecule has 2 heterocycles. The van der Waals surface area contributed by atoms with E-state index in [0.717, 1.165) is 30.8 Å². The minimum atomic E-state index is -0.294. The quantitative estimate of drug-likeness (QED) is 0.864. The summed E-state index contributed by atoms with van der Waals surface area (Å²) in [5.41, 5.74) is 0.939. The predicted octanol–water partition coefficient (Wildman–Crippen LogP) is 2.76. The fourth-order valence-corrected chi connectivity index (χ4v) is 2.62. The molecular formula is C15H16ClN3O. The Kier molecular flexibility index (Phi) is 3.85. The van der Waals surface area contributed by atoms with Gasteiger partial charge in [0.2, 0.25) is 0 Å². The lowest BCUT2D eigenvalue weighted by Crippen LogP contribution is -2.38. The molecule has 1 saturated heterocycles. The summed E-state index contributed by atoms with van der Waals surface area (Å²) in [5, 5.41) is 10.2. The van der Waals surface area contributed by atoms with E-state index in [-0.39, 0.29) is 6.10 Å². The van der Waals surface area contributed by atoms with E-state index >= 15 is 0 Å². The minimum absolute atomic E-state index is 0.294. The monoisotopic (exact) mass is 289 g/mol.